The molecule has 2 aromatic rings. The number of pyridine rings is 1. The van der Waals surface area contributed by atoms with Gasteiger partial charge in [0.05, 0.1) is 0 Å². The van der Waals surface area contributed by atoms with E-state index in [1.807, 2.05) is 19.1 Å². The van der Waals surface area contributed by atoms with Crippen molar-refractivity contribution in [3.63, 3.8) is 0 Å². The van der Waals surface area contributed by atoms with E-state index in [0.717, 1.165) is 23.1 Å². The van der Waals surface area contributed by atoms with Crippen molar-refractivity contribution in [2.45, 2.75) is 19.4 Å². The molecule has 0 amide bonds. The monoisotopic (exact) mass is 230 g/mol. The molecule has 0 aliphatic rings. The fourth-order valence-corrected chi connectivity index (χ4v) is 1.94. The van der Waals surface area contributed by atoms with Crippen LogP contribution in [0.3, 0.4) is 0 Å². The average molecular weight is 230 g/mol. The van der Waals surface area contributed by atoms with E-state index in [0.29, 0.717) is 0 Å². The molecular weight excluding hydrogens is 215 g/mol. The third-order valence-electron chi connectivity index (χ3n) is 2.84. The number of nitrogens with two attached hydrogens (primary N) is 1. The molecule has 88 valence electrons. The number of hydrogen-bond donors (Lipinski definition) is 1. The van der Waals surface area contributed by atoms with E-state index in [9.17, 15) is 4.39 Å². The summed E-state index contributed by atoms with van der Waals surface area (Å²) in [5.74, 6) is -0.220. The van der Waals surface area contributed by atoms with Crippen molar-refractivity contribution in [3.05, 3.63) is 65.2 Å². The summed E-state index contributed by atoms with van der Waals surface area (Å²) >= 11 is 0. The number of nitrogens with zero attached hydrogens (tertiary/aromatic N) is 1. The zero-order valence-corrected chi connectivity index (χ0v) is 9.73. The van der Waals surface area contributed by atoms with Crippen LogP contribution >= 0.6 is 0 Å². The fraction of sp³-hybridized carbons (Fsp3) is 0.214. The third kappa shape index (κ3) is 2.88. The molecule has 0 aliphatic carbocycles. The van der Waals surface area contributed by atoms with Crippen molar-refractivity contribution in [3.8, 4) is 0 Å². The van der Waals surface area contributed by atoms with E-state index in [1.165, 1.54) is 12.1 Å². The van der Waals surface area contributed by atoms with E-state index in [-0.39, 0.29) is 11.9 Å². The van der Waals surface area contributed by atoms with Crippen LogP contribution in [0.4, 0.5) is 4.39 Å². The lowest BCUT2D eigenvalue weighted by molar-refractivity contribution is 0.622. The normalized spacial score (nSPS) is 12.4. The topological polar surface area (TPSA) is 38.9 Å². The van der Waals surface area contributed by atoms with Crippen molar-refractivity contribution in [2.75, 3.05) is 0 Å². The summed E-state index contributed by atoms with van der Waals surface area (Å²) in [5.41, 5.74) is 9.15. The molecule has 2 rings (SSSR count). The second kappa shape index (κ2) is 5.06. The minimum Gasteiger partial charge on any atom is -0.324 e. The second-order valence-electron chi connectivity index (χ2n) is 4.17. The third-order valence-corrected chi connectivity index (χ3v) is 2.84. The lowest BCUT2D eigenvalue weighted by Gasteiger charge is -2.14. The van der Waals surface area contributed by atoms with Gasteiger partial charge in [0.15, 0.2) is 0 Å². The quantitative estimate of drug-likeness (QED) is 0.880. The van der Waals surface area contributed by atoms with Crippen molar-refractivity contribution in [1.82, 2.24) is 4.98 Å². The lowest BCUT2D eigenvalue weighted by atomic mass is 9.96. The number of aromatic nitrogens is 1. The predicted octanol–water partition coefficient (Wildman–Crippen LogP) is 2.77. The highest BCUT2D eigenvalue weighted by Gasteiger charge is 2.10. The first-order chi connectivity index (χ1) is 8.16. The Bertz CT molecular complexity index is 497. The molecule has 1 aromatic heterocycles. The molecule has 1 atom stereocenters. The first kappa shape index (κ1) is 11.7. The molecule has 0 bridgehead atoms. The van der Waals surface area contributed by atoms with E-state index >= 15 is 0 Å². The Morgan fingerprint density at radius 3 is 2.59 bits per heavy atom. The van der Waals surface area contributed by atoms with Crippen LogP contribution in [0, 0.1) is 12.7 Å². The SMILES string of the molecule is Cc1cc(F)ccc1C(N)Cc1ccncc1. The molecule has 0 spiro atoms. The average Bonchev–Trinajstić information content (AvgIpc) is 2.30. The highest BCUT2D eigenvalue weighted by Crippen LogP contribution is 2.20. The van der Waals surface area contributed by atoms with Gasteiger partial charge in [-0.2, -0.15) is 0 Å². The number of benzene rings is 1. The summed E-state index contributed by atoms with van der Waals surface area (Å²) in [7, 11) is 0. The van der Waals surface area contributed by atoms with E-state index in [1.54, 1.807) is 18.5 Å². The second-order valence-corrected chi connectivity index (χ2v) is 4.17. The minimum atomic E-state index is -0.220. The van der Waals surface area contributed by atoms with E-state index < -0.39 is 0 Å². The van der Waals surface area contributed by atoms with Crippen LogP contribution in [0.15, 0.2) is 42.7 Å². The summed E-state index contributed by atoms with van der Waals surface area (Å²) in [5, 5.41) is 0. The molecule has 1 heterocycles. The van der Waals surface area contributed by atoms with Crippen molar-refractivity contribution < 1.29 is 4.39 Å². The molecule has 1 aromatic carbocycles. The Morgan fingerprint density at radius 1 is 1.24 bits per heavy atom. The molecule has 1 unspecified atom stereocenters. The van der Waals surface area contributed by atoms with Crippen LogP contribution in [0.2, 0.25) is 0 Å². The van der Waals surface area contributed by atoms with Crippen LogP contribution in [-0.2, 0) is 6.42 Å². The van der Waals surface area contributed by atoms with Gasteiger partial charge in [-0.15, -0.1) is 0 Å². The molecule has 3 heteroatoms. The fourth-order valence-electron chi connectivity index (χ4n) is 1.94. The Kier molecular flexibility index (Phi) is 3.49. The van der Waals surface area contributed by atoms with Gasteiger partial charge in [0, 0.05) is 18.4 Å². The first-order valence-corrected chi connectivity index (χ1v) is 5.57. The Hall–Kier alpha value is -1.74. The van der Waals surface area contributed by atoms with E-state index in [4.69, 9.17) is 5.73 Å². The maximum Gasteiger partial charge on any atom is 0.123 e. The zero-order chi connectivity index (χ0) is 12.3. The molecule has 2 nitrogen and oxygen atoms in total. The van der Waals surface area contributed by atoms with Crippen molar-refractivity contribution >= 4 is 0 Å². The molecule has 0 radical (unpaired) electrons. The molecule has 0 saturated heterocycles. The van der Waals surface area contributed by atoms with Crippen LogP contribution in [0.1, 0.15) is 22.7 Å². The molecule has 2 N–H and O–H groups in total. The predicted molar refractivity (Wildman–Crippen MR) is 66.0 cm³/mol. The molecule has 0 fully saturated rings. The highest BCUT2D eigenvalue weighted by atomic mass is 19.1. The van der Waals surface area contributed by atoms with Gasteiger partial charge >= 0.3 is 0 Å². The maximum atomic E-state index is 13.0. The largest absolute Gasteiger partial charge is 0.324 e. The minimum absolute atomic E-state index is 0.113. The van der Waals surface area contributed by atoms with Crippen LogP contribution < -0.4 is 5.73 Å². The highest BCUT2D eigenvalue weighted by molar-refractivity contribution is 5.30. The van der Waals surface area contributed by atoms with Gasteiger partial charge in [-0.3, -0.25) is 4.98 Å². The van der Waals surface area contributed by atoms with Crippen molar-refractivity contribution in [2.24, 2.45) is 5.73 Å². The van der Waals surface area contributed by atoms with Crippen LogP contribution in [0.5, 0.6) is 0 Å². The van der Waals surface area contributed by atoms with Gasteiger partial charge in [0.25, 0.3) is 0 Å². The number of hydrogen-bond acceptors (Lipinski definition) is 2. The Balaban J connectivity index is 2.17. The summed E-state index contributed by atoms with van der Waals surface area (Å²) in [6.45, 7) is 1.88. The summed E-state index contributed by atoms with van der Waals surface area (Å²) < 4.78 is 13.0. The summed E-state index contributed by atoms with van der Waals surface area (Å²) in [4.78, 5) is 3.96. The number of aryl methyl sites for hydroxylation is 1. The molecule has 0 aliphatic heterocycles. The molecule has 0 saturated carbocycles. The molecular formula is C14H15FN2. The van der Waals surface area contributed by atoms with Gasteiger partial charge in [-0.25, -0.2) is 4.39 Å². The smallest absolute Gasteiger partial charge is 0.123 e. The Labute approximate surface area is 100 Å². The first-order valence-electron chi connectivity index (χ1n) is 5.57. The summed E-state index contributed by atoms with van der Waals surface area (Å²) in [6.07, 6.45) is 4.23. The van der Waals surface area contributed by atoms with Gasteiger partial charge < -0.3 is 5.73 Å². The van der Waals surface area contributed by atoms with Crippen LogP contribution in [0.25, 0.3) is 0 Å². The van der Waals surface area contributed by atoms with Crippen molar-refractivity contribution in [1.29, 1.82) is 0 Å². The van der Waals surface area contributed by atoms with Gasteiger partial charge in [-0.1, -0.05) is 6.07 Å². The van der Waals surface area contributed by atoms with Crippen LogP contribution in [-0.4, -0.2) is 4.98 Å². The summed E-state index contributed by atoms with van der Waals surface area (Å²) in [6, 6.07) is 8.50. The van der Waals surface area contributed by atoms with E-state index in [2.05, 4.69) is 4.98 Å². The van der Waals surface area contributed by atoms with Gasteiger partial charge in [0.2, 0.25) is 0 Å². The molecule has 17 heavy (non-hydrogen) atoms. The van der Waals surface area contributed by atoms with Gasteiger partial charge in [-0.05, 0) is 54.3 Å². The number of rotatable bonds is 3. The Morgan fingerprint density at radius 2 is 1.94 bits per heavy atom. The maximum absolute atomic E-state index is 13.0. The zero-order valence-electron chi connectivity index (χ0n) is 9.73. The number of halogens is 1. The lowest BCUT2D eigenvalue weighted by Crippen LogP contribution is -2.14. The standard InChI is InChI=1S/C14H15FN2/c1-10-8-12(15)2-3-13(10)14(16)9-11-4-6-17-7-5-11/h2-8,14H,9,16H2,1H3. The van der Waals surface area contributed by atoms with Gasteiger partial charge in [0.1, 0.15) is 5.82 Å².